The molecule has 2 aromatic rings. The third-order valence-corrected chi connectivity index (χ3v) is 2.12. The summed E-state index contributed by atoms with van der Waals surface area (Å²) in [7, 11) is 1.60. The molecule has 0 atom stereocenters. The summed E-state index contributed by atoms with van der Waals surface area (Å²) in [6.07, 6.45) is 0. The van der Waals surface area contributed by atoms with Crippen molar-refractivity contribution < 1.29 is 9.26 Å². The summed E-state index contributed by atoms with van der Waals surface area (Å²) in [6, 6.07) is 1.77. The molecule has 0 bridgehead atoms. The van der Waals surface area contributed by atoms with E-state index in [-0.39, 0.29) is 0 Å². The van der Waals surface area contributed by atoms with Crippen molar-refractivity contribution in [2.75, 3.05) is 7.11 Å². The number of hydrogen-bond donors (Lipinski definition) is 1. The van der Waals surface area contributed by atoms with E-state index in [0.717, 1.165) is 5.82 Å². The predicted octanol–water partition coefficient (Wildman–Crippen LogP) is 1.73. The van der Waals surface area contributed by atoms with Crippen LogP contribution in [0.25, 0.3) is 11.5 Å². The second kappa shape index (κ2) is 4.44. The molecule has 0 aromatic carbocycles. The average Bonchev–Trinajstić information content (AvgIpc) is 2.84. The monoisotopic (exact) mass is 222 g/mol. The summed E-state index contributed by atoms with van der Waals surface area (Å²) < 4.78 is 10.00. The van der Waals surface area contributed by atoms with Gasteiger partial charge in [-0.05, 0) is 0 Å². The van der Waals surface area contributed by atoms with Gasteiger partial charge in [0, 0.05) is 19.1 Å². The highest BCUT2D eigenvalue weighted by Crippen LogP contribution is 2.17. The lowest BCUT2D eigenvalue weighted by atomic mass is 10.2. The lowest BCUT2D eigenvalue weighted by Crippen LogP contribution is -1.89. The van der Waals surface area contributed by atoms with Gasteiger partial charge in [-0.15, -0.1) is 0 Å². The van der Waals surface area contributed by atoms with E-state index in [1.165, 1.54) is 0 Å². The van der Waals surface area contributed by atoms with Crippen molar-refractivity contribution >= 4 is 0 Å². The second-order valence-electron chi connectivity index (χ2n) is 3.81. The fraction of sp³-hybridized carbons (Fsp3) is 0.500. The molecular formula is C10H14N4O2. The van der Waals surface area contributed by atoms with Crippen LogP contribution >= 0.6 is 0 Å². The second-order valence-corrected chi connectivity index (χ2v) is 3.81. The molecule has 0 radical (unpaired) electrons. The van der Waals surface area contributed by atoms with Crippen LogP contribution in [0.2, 0.25) is 0 Å². The van der Waals surface area contributed by atoms with Crippen molar-refractivity contribution in [2.24, 2.45) is 0 Å². The average molecular weight is 222 g/mol. The summed E-state index contributed by atoms with van der Waals surface area (Å²) in [6.45, 7) is 4.49. The number of ether oxygens (including phenoxy) is 1. The number of hydrogen-bond acceptors (Lipinski definition) is 5. The number of methoxy groups -OCH3 is 1. The largest absolute Gasteiger partial charge is 0.377 e. The molecule has 16 heavy (non-hydrogen) atoms. The minimum Gasteiger partial charge on any atom is -0.377 e. The van der Waals surface area contributed by atoms with Gasteiger partial charge in [0.15, 0.2) is 11.5 Å². The molecule has 0 aliphatic rings. The first kappa shape index (κ1) is 10.8. The van der Waals surface area contributed by atoms with Crippen LogP contribution in [0.15, 0.2) is 10.6 Å². The lowest BCUT2D eigenvalue weighted by molar-refractivity contribution is 0.156. The van der Waals surface area contributed by atoms with E-state index < -0.39 is 0 Å². The summed E-state index contributed by atoms with van der Waals surface area (Å²) in [5.41, 5.74) is 0.621. The summed E-state index contributed by atoms with van der Waals surface area (Å²) >= 11 is 0. The molecule has 2 rings (SSSR count). The molecule has 0 spiro atoms. The Balaban J connectivity index is 2.21. The Kier molecular flexibility index (Phi) is 3.00. The van der Waals surface area contributed by atoms with E-state index in [2.05, 4.69) is 20.3 Å². The molecule has 2 heterocycles. The van der Waals surface area contributed by atoms with Crippen molar-refractivity contribution in [1.29, 1.82) is 0 Å². The Morgan fingerprint density at radius 1 is 1.50 bits per heavy atom. The van der Waals surface area contributed by atoms with Gasteiger partial charge in [-0.1, -0.05) is 19.0 Å². The number of H-pyrrole nitrogens is 1. The van der Waals surface area contributed by atoms with Crippen LogP contribution in [0.3, 0.4) is 0 Å². The first-order valence-electron chi connectivity index (χ1n) is 5.08. The normalized spacial score (nSPS) is 11.2. The lowest BCUT2D eigenvalue weighted by Gasteiger charge is -1.94. The predicted molar refractivity (Wildman–Crippen MR) is 56.7 cm³/mol. The Morgan fingerprint density at radius 2 is 2.31 bits per heavy atom. The molecular weight excluding hydrogens is 208 g/mol. The molecule has 0 aliphatic heterocycles. The molecule has 0 amide bonds. The maximum absolute atomic E-state index is 5.06. The Hall–Kier alpha value is -1.69. The van der Waals surface area contributed by atoms with Crippen LogP contribution in [0.4, 0.5) is 0 Å². The van der Waals surface area contributed by atoms with Crippen LogP contribution in [0, 0.1) is 0 Å². The third kappa shape index (κ3) is 2.11. The maximum Gasteiger partial charge on any atom is 0.203 e. The molecule has 1 N–H and O–H groups in total. The van der Waals surface area contributed by atoms with Gasteiger partial charge in [-0.2, -0.15) is 5.10 Å². The zero-order chi connectivity index (χ0) is 11.5. The molecule has 0 saturated heterocycles. The Morgan fingerprint density at radius 3 is 2.94 bits per heavy atom. The zero-order valence-electron chi connectivity index (χ0n) is 9.52. The highest BCUT2D eigenvalue weighted by molar-refractivity contribution is 5.47. The third-order valence-electron chi connectivity index (χ3n) is 2.12. The fourth-order valence-corrected chi connectivity index (χ4v) is 1.28. The van der Waals surface area contributed by atoms with Crippen molar-refractivity contribution in [2.45, 2.75) is 26.4 Å². The smallest absolute Gasteiger partial charge is 0.203 e. The van der Waals surface area contributed by atoms with Gasteiger partial charge in [0.25, 0.3) is 0 Å². The minimum absolute atomic E-state index is 0.312. The van der Waals surface area contributed by atoms with Crippen LogP contribution in [-0.4, -0.2) is 27.4 Å². The van der Waals surface area contributed by atoms with Gasteiger partial charge < -0.3 is 9.26 Å². The summed E-state index contributed by atoms with van der Waals surface area (Å²) in [5.74, 6) is 2.36. The standard InChI is InChI=1S/C10H14N4O2/c1-6(2)9-11-10(13-12-9)8-4-7(5-15-3)16-14-8/h4,6H,5H2,1-3H3,(H,11,12,13). The Labute approximate surface area is 93.0 Å². The number of rotatable bonds is 4. The molecule has 0 unspecified atom stereocenters. The first-order chi connectivity index (χ1) is 7.70. The van der Waals surface area contributed by atoms with Crippen LogP contribution in [-0.2, 0) is 11.3 Å². The van der Waals surface area contributed by atoms with Gasteiger partial charge in [0.05, 0.1) is 0 Å². The van der Waals surface area contributed by atoms with E-state index >= 15 is 0 Å². The first-order valence-corrected chi connectivity index (χ1v) is 5.08. The molecule has 2 aromatic heterocycles. The van der Waals surface area contributed by atoms with E-state index in [9.17, 15) is 0 Å². The van der Waals surface area contributed by atoms with Gasteiger partial charge in [0.2, 0.25) is 5.82 Å². The molecule has 86 valence electrons. The summed E-state index contributed by atoms with van der Waals surface area (Å²) in [4.78, 5) is 4.32. The van der Waals surface area contributed by atoms with Crippen molar-refractivity contribution in [3.8, 4) is 11.5 Å². The van der Waals surface area contributed by atoms with Crippen molar-refractivity contribution in [1.82, 2.24) is 20.3 Å². The SMILES string of the molecule is COCc1cc(-c2n[nH]c(C(C)C)n2)no1. The summed E-state index contributed by atoms with van der Waals surface area (Å²) in [5, 5.41) is 10.8. The molecule has 6 heteroatoms. The number of nitrogens with zero attached hydrogens (tertiary/aromatic N) is 3. The molecule has 0 fully saturated rings. The number of aromatic nitrogens is 4. The van der Waals surface area contributed by atoms with Crippen LogP contribution in [0.1, 0.15) is 31.4 Å². The van der Waals surface area contributed by atoms with Crippen LogP contribution < -0.4 is 0 Å². The van der Waals surface area contributed by atoms with Crippen molar-refractivity contribution in [3.63, 3.8) is 0 Å². The fourth-order valence-electron chi connectivity index (χ4n) is 1.28. The quantitative estimate of drug-likeness (QED) is 0.852. The highest BCUT2D eigenvalue weighted by Gasteiger charge is 2.12. The van der Waals surface area contributed by atoms with Gasteiger partial charge >= 0.3 is 0 Å². The van der Waals surface area contributed by atoms with E-state index in [1.54, 1.807) is 13.2 Å². The van der Waals surface area contributed by atoms with Crippen LogP contribution in [0.5, 0.6) is 0 Å². The van der Waals surface area contributed by atoms with Gasteiger partial charge in [-0.25, -0.2) is 4.98 Å². The number of nitrogens with one attached hydrogen (secondary N) is 1. The zero-order valence-corrected chi connectivity index (χ0v) is 9.52. The maximum atomic E-state index is 5.06. The minimum atomic E-state index is 0.312. The van der Waals surface area contributed by atoms with Crippen molar-refractivity contribution in [3.05, 3.63) is 17.7 Å². The number of aromatic amines is 1. The molecule has 6 nitrogen and oxygen atoms in total. The van der Waals surface area contributed by atoms with E-state index in [4.69, 9.17) is 9.26 Å². The highest BCUT2D eigenvalue weighted by atomic mass is 16.5. The Bertz CT molecular complexity index is 461. The molecule has 0 saturated carbocycles. The molecule has 0 aliphatic carbocycles. The van der Waals surface area contributed by atoms with Gasteiger partial charge in [0.1, 0.15) is 12.4 Å². The van der Waals surface area contributed by atoms with Gasteiger partial charge in [-0.3, -0.25) is 5.10 Å². The van der Waals surface area contributed by atoms with E-state index in [1.807, 2.05) is 13.8 Å². The topological polar surface area (TPSA) is 76.8 Å². The van der Waals surface area contributed by atoms with E-state index in [0.29, 0.717) is 29.8 Å².